The Kier molecular flexibility index (Phi) is 5.33. The van der Waals surface area contributed by atoms with E-state index in [0.717, 1.165) is 17.7 Å². The Labute approximate surface area is 114 Å². The van der Waals surface area contributed by atoms with Gasteiger partial charge in [0.15, 0.2) is 0 Å². The second-order valence-electron chi connectivity index (χ2n) is 4.62. The van der Waals surface area contributed by atoms with Gasteiger partial charge in [-0.3, -0.25) is 0 Å². The van der Waals surface area contributed by atoms with Crippen LogP contribution in [0.15, 0.2) is 16.3 Å². The van der Waals surface area contributed by atoms with Crippen LogP contribution < -0.4 is 10.0 Å². The zero-order valence-electron chi connectivity index (χ0n) is 11.4. The van der Waals surface area contributed by atoms with E-state index in [1.165, 1.54) is 11.3 Å². The first-order valence-electron chi connectivity index (χ1n) is 6.14. The quantitative estimate of drug-likeness (QED) is 0.810. The molecule has 6 heteroatoms. The Bertz CT molecular complexity index is 476. The predicted octanol–water partition coefficient (Wildman–Crippen LogP) is 2.32. The minimum absolute atomic E-state index is 0.369. The monoisotopic (exact) mass is 290 g/mol. The fraction of sp³-hybridized carbons (Fsp3) is 0.667. The zero-order chi connectivity index (χ0) is 13.8. The van der Waals surface area contributed by atoms with Crippen LogP contribution in [0.1, 0.15) is 38.5 Å². The minimum Gasteiger partial charge on any atom is -0.315 e. The molecule has 0 aliphatic heterocycles. The Morgan fingerprint density at radius 3 is 2.39 bits per heavy atom. The molecule has 0 bridgehead atoms. The molecule has 1 heterocycles. The van der Waals surface area contributed by atoms with E-state index in [-0.39, 0.29) is 5.54 Å². The van der Waals surface area contributed by atoms with Crippen molar-refractivity contribution in [2.45, 2.75) is 49.9 Å². The molecule has 0 unspecified atom stereocenters. The van der Waals surface area contributed by atoms with Crippen molar-refractivity contribution in [1.29, 1.82) is 0 Å². The molecule has 0 saturated carbocycles. The Morgan fingerprint density at radius 2 is 1.89 bits per heavy atom. The van der Waals surface area contributed by atoms with Gasteiger partial charge in [-0.25, -0.2) is 13.1 Å². The van der Waals surface area contributed by atoms with E-state index in [1.807, 2.05) is 33.9 Å². The predicted molar refractivity (Wildman–Crippen MR) is 76.4 cm³/mol. The third kappa shape index (κ3) is 3.78. The molecule has 1 rings (SSSR count). The van der Waals surface area contributed by atoms with Gasteiger partial charge in [0.05, 0.1) is 0 Å². The molecule has 104 valence electrons. The third-order valence-corrected chi connectivity index (χ3v) is 6.41. The molecule has 0 saturated heterocycles. The van der Waals surface area contributed by atoms with Crippen LogP contribution in [0.3, 0.4) is 0 Å². The highest BCUT2D eigenvalue weighted by Crippen LogP contribution is 2.24. The maximum Gasteiger partial charge on any atom is 0.250 e. The SMILES string of the molecule is CCC(C)(CC)NS(=O)(=O)c1ccc(CNC)s1. The van der Waals surface area contributed by atoms with E-state index < -0.39 is 10.0 Å². The lowest BCUT2D eigenvalue weighted by molar-refractivity contribution is 0.389. The van der Waals surface area contributed by atoms with E-state index in [0.29, 0.717) is 10.8 Å². The van der Waals surface area contributed by atoms with Gasteiger partial charge in [0, 0.05) is 17.0 Å². The normalized spacial score (nSPS) is 12.9. The zero-order valence-corrected chi connectivity index (χ0v) is 13.0. The summed E-state index contributed by atoms with van der Waals surface area (Å²) < 4.78 is 27.7. The fourth-order valence-electron chi connectivity index (χ4n) is 1.54. The van der Waals surface area contributed by atoms with E-state index in [1.54, 1.807) is 6.07 Å². The number of hydrogen-bond donors (Lipinski definition) is 2. The molecule has 0 aliphatic carbocycles. The molecule has 18 heavy (non-hydrogen) atoms. The summed E-state index contributed by atoms with van der Waals surface area (Å²) in [6.45, 7) is 6.62. The largest absolute Gasteiger partial charge is 0.315 e. The van der Waals surface area contributed by atoms with Crippen LogP contribution in [0, 0.1) is 0 Å². The van der Waals surface area contributed by atoms with Crippen molar-refractivity contribution in [3.05, 3.63) is 17.0 Å². The van der Waals surface area contributed by atoms with Crippen molar-refractivity contribution in [3.63, 3.8) is 0 Å². The molecule has 0 spiro atoms. The molecule has 0 radical (unpaired) electrons. The van der Waals surface area contributed by atoms with Gasteiger partial charge in [-0.2, -0.15) is 0 Å². The van der Waals surface area contributed by atoms with Crippen LogP contribution in [0.5, 0.6) is 0 Å². The van der Waals surface area contributed by atoms with Crippen LogP contribution in [-0.4, -0.2) is 21.0 Å². The fourth-order valence-corrected chi connectivity index (χ4v) is 4.46. The summed E-state index contributed by atoms with van der Waals surface area (Å²) in [5, 5.41) is 3.01. The summed E-state index contributed by atoms with van der Waals surface area (Å²) in [6.07, 6.45) is 1.55. The highest BCUT2D eigenvalue weighted by molar-refractivity contribution is 7.91. The molecule has 0 fully saturated rings. The molecule has 0 atom stereocenters. The molecular weight excluding hydrogens is 268 g/mol. The molecule has 2 N–H and O–H groups in total. The second kappa shape index (κ2) is 6.14. The average Bonchev–Trinajstić information content (AvgIpc) is 2.78. The molecule has 4 nitrogen and oxygen atoms in total. The molecule has 0 aromatic carbocycles. The summed E-state index contributed by atoms with van der Waals surface area (Å²) >= 11 is 1.31. The molecule has 0 aliphatic rings. The first kappa shape index (κ1) is 15.6. The summed E-state index contributed by atoms with van der Waals surface area (Å²) in [5.41, 5.74) is -0.369. The molecular formula is C12H22N2O2S2. The second-order valence-corrected chi connectivity index (χ2v) is 7.70. The van der Waals surface area contributed by atoms with Crippen molar-refractivity contribution >= 4 is 21.4 Å². The van der Waals surface area contributed by atoms with Gasteiger partial charge in [0.25, 0.3) is 10.0 Å². The van der Waals surface area contributed by atoms with Gasteiger partial charge in [-0.05, 0) is 38.9 Å². The first-order valence-corrected chi connectivity index (χ1v) is 8.44. The standard InChI is InChI=1S/C12H22N2O2S2/c1-5-12(3,6-2)14-18(15,16)11-8-7-10(17-11)9-13-4/h7-8,13-14H,5-6,9H2,1-4H3. The Balaban J connectivity index is 2.92. The van der Waals surface area contributed by atoms with Crippen LogP contribution >= 0.6 is 11.3 Å². The number of nitrogens with one attached hydrogen (secondary N) is 2. The lowest BCUT2D eigenvalue weighted by Gasteiger charge is -2.27. The summed E-state index contributed by atoms with van der Waals surface area (Å²) in [4.78, 5) is 1.02. The molecule has 0 amide bonds. The van der Waals surface area contributed by atoms with Crippen molar-refractivity contribution < 1.29 is 8.42 Å². The number of sulfonamides is 1. The van der Waals surface area contributed by atoms with Crippen LogP contribution in [-0.2, 0) is 16.6 Å². The van der Waals surface area contributed by atoms with Crippen LogP contribution in [0.2, 0.25) is 0 Å². The van der Waals surface area contributed by atoms with Crippen molar-refractivity contribution in [1.82, 2.24) is 10.0 Å². The van der Waals surface area contributed by atoms with E-state index >= 15 is 0 Å². The van der Waals surface area contributed by atoms with Crippen molar-refractivity contribution in [2.24, 2.45) is 0 Å². The highest BCUT2D eigenvalue weighted by atomic mass is 32.2. The number of thiophene rings is 1. The molecule has 1 aromatic heterocycles. The topological polar surface area (TPSA) is 58.2 Å². The minimum atomic E-state index is -3.40. The van der Waals surface area contributed by atoms with Gasteiger partial charge >= 0.3 is 0 Å². The maximum absolute atomic E-state index is 12.3. The lowest BCUT2D eigenvalue weighted by Crippen LogP contribution is -2.44. The maximum atomic E-state index is 12.3. The van der Waals surface area contributed by atoms with Crippen molar-refractivity contribution in [3.8, 4) is 0 Å². The van der Waals surface area contributed by atoms with E-state index in [2.05, 4.69) is 10.0 Å². The van der Waals surface area contributed by atoms with Gasteiger partial charge in [-0.15, -0.1) is 11.3 Å². The van der Waals surface area contributed by atoms with Gasteiger partial charge in [-0.1, -0.05) is 13.8 Å². The summed E-state index contributed by atoms with van der Waals surface area (Å²) in [5.74, 6) is 0. The number of rotatable bonds is 7. The van der Waals surface area contributed by atoms with Crippen LogP contribution in [0.4, 0.5) is 0 Å². The lowest BCUT2D eigenvalue weighted by atomic mass is 9.98. The average molecular weight is 290 g/mol. The van der Waals surface area contributed by atoms with E-state index in [4.69, 9.17) is 0 Å². The Morgan fingerprint density at radius 1 is 1.28 bits per heavy atom. The van der Waals surface area contributed by atoms with Gasteiger partial charge in [0.1, 0.15) is 4.21 Å². The summed E-state index contributed by atoms with van der Waals surface area (Å²) in [6, 6.07) is 3.52. The van der Waals surface area contributed by atoms with E-state index in [9.17, 15) is 8.42 Å². The first-order chi connectivity index (χ1) is 8.37. The van der Waals surface area contributed by atoms with Gasteiger partial charge < -0.3 is 5.32 Å². The third-order valence-electron chi connectivity index (χ3n) is 3.19. The molecule has 1 aromatic rings. The van der Waals surface area contributed by atoms with Gasteiger partial charge in [0.2, 0.25) is 0 Å². The number of hydrogen-bond acceptors (Lipinski definition) is 4. The summed E-state index contributed by atoms with van der Waals surface area (Å²) in [7, 11) is -1.55. The highest BCUT2D eigenvalue weighted by Gasteiger charge is 2.28. The smallest absolute Gasteiger partial charge is 0.250 e. The van der Waals surface area contributed by atoms with Crippen LogP contribution in [0.25, 0.3) is 0 Å². The van der Waals surface area contributed by atoms with Crippen molar-refractivity contribution in [2.75, 3.05) is 7.05 Å². The Hall–Kier alpha value is -0.430.